The molecule has 0 aliphatic heterocycles. The summed E-state index contributed by atoms with van der Waals surface area (Å²) < 4.78 is 11.8. The number of nitrogens with zero attached hydrogens (tertiary/aromatic N) is 2. The average molecular weight is 458 g/mol. The summed E-state index contributed by atoms with van der Waals surface area (Å²) in [5, 5.41) is 0. The number of aromatic nitrogens is 2. The summed E-state index contributed by atoms with van der Waals surface area (Å²) in [5.41, 5.74) is 0.732. The zero-order valence-electron chi connectivity index (χ0n) is 13.0. The number of esters is 1. The summed E-state index contributed by atoms with van der Waals surface area (Å²) in [4.78, 5) is 28.4. The van der Waals surface area contributed by atoms with E-state index in [0.29, 0.717) is 3.39 Å². The molecule has 0 bridgehead atoms. The lowest BCUT2D eigenvalue weighted by Crippen LogP contribution is -2.26. The van der Waals surface area contributed by atoms with Gasteiger partial charge in [0, 0.05) is 6.20 Å². The molecule has 8 heteroatoms. The predicted octanol–water partition coefficient (Wildman–Crippen LogP) is 3.18. The van der Waals surface area contributed by atoms with E-state index >= 15 is 0 Å². The molecular weight excluding hydrogens is 444 g/mol. The number of rotatable bonds is 5. The standard InChI is InChI=1S/C16H14Br2N2O4/c1-23-11-5-3-10(4-6-11)8-20-9-13(16(22)24-2)19-12(15(20)21)7-14(17)18/h3-7,9H,8H2,1-2H3. The number of ether oxygens (including phenoxy) is 2. The van der Waals surface area contributed by atoms with Gasteiger partial charge in [-0.1, -0.05) is 12.1 Å². The van der Waals surface area contributed by atoms with Gasteiger partial charge in [0.25, 0.3) is 5.56 Å². The summed E-state index contributed by atoms with van der Waals surface area (Å²) in [6.07, 6.45) is 2.87. The molecule has 0 amide bonds. The number of hydrogen-bond acceptors (Lipinski definition) is 5. The maximum atomic E-state index is 12.5. The van der Waals surface area contributed by atoms with Crippen LogP contribution in [0.1, 0.15) is 21.7 Å². The Bertz CT molecular complexity index is 825. The minimum atomic E-state index is -0.612. The van der Waals surface area contributed by atoms with Crippen molar-refractivity contribution in [2.45, 2.75) is 6.54 Å². The third kappa shape index (κ3) is 4.55. The fourth-order valence-electron chi connectivity index (χ4n) is 2.01. The Hall–Kier alpha value is -1.93. The minimum Gasteiger partial charge on any atom is -0.497 e. The normalized spacial score (nSPS) is 10.2. The van der Waals surface area contributed by atoms with Crippen LogP contribution >= 0.6 is 31.9 Å². The molecule has 1 heterocycles. The Morgan fingerprint density at radius 3 is 2.46 bits per heavy atom. The zero-order chi connectivity index (χ0) is 17.7. The van der Waals surface area contributed by atoms with Gasteiger partial charge in [0.05, 0.1) is 24.2 Å². The Balaban J connectivity index is 2.48. The van der Waals surface area contributed by atoms with Crippen LogP contribution in [0.3, 0.4) is 0 Å². The molecule has 2 rings (SSSR count). The lowest BCUT2D eigenvalue weighted by atomic mass is 10.2. The van der Waals surface area contributed by atoms with Gasteiger partial charge in [0.1, 0.15) is 11.4 Å². The molecule has 0 fully saturated rings. The van der Waals surface area contributed by atoms with Gasteiger partial charge in [-0.15, -0.1) is 0 Å². The van der Waals surface area contributed by atoms with Crippen molar-refractivity contribution in [2.24, 2.45) is 0 Å². The smallest absolute Gasteiger partial charge is 0.358 e. The molecule has 0 spiro atoms. The Morgan fingerprint density at radius 1 is 1.25 bits per heavy atom. The lowest BCUT2D eigenvalue weighted by molar-refractivity contribution is 0.0592. The van der Waals surface area contributed by atoms with Gasteiger partial charge in [0.2, 0.25) is 0 Å². The lowest BCUT2D eigenvalue weighted by Gasteiger charge is -2.10. The Morgan fingerprint density at radius 2 is 1.92 bits per heavy atom. The first-order valence-electron chi connectivity index (χ1n) is 6.80. The van der Waals surface area contributed by atoms with Crippen LogP contribution in [0.5, 0.6) is 5.75 Å². The highest BCUT2D eigenvalue weighted by atomic mass is 79.9. The molecule has 0 aliphatic rings. The first-order valence-corrected chi connectivity index (χ1v) is 8.38. The molecular formula is C16H14Br2N2O4. The third-order valence-corrected chi connectivity index (χ3v) is 3.61. The summed E-state index contributed by atoms with van der Waals surface area (Å²) in [7, 11) is 2.85. The average Bonchev–Trinajstić information content (AvgIpc) is 2.57. The Kier molecular flexibility index (Phi) is 6.33. The summed E-state index contributed by atoms with van der Waals surface area (Å²) >= 11 is 6.38. The number of methoxy groups -OCH3 is 2. The van der Waals surface area contributed by atoms with Gasteiger partial charge in [-0.05, 0) is 55.6 Å². The van der Waals surface area contributed by atoms with Crippen molar-refractivity contribution in [1.29, 1.82) is 0 Å². The van der Waals surface area contributed by atoms with Crippen LogP contribution in [0.4, 0.5) is 0 Å². The van der Waals surface area contributed by atoms with E-state index in [9.17, 15) is 9.59 Å². The molecule has 0 atom stereocenters. The largest absolute Gasteiger partial charge is 0.497 e. The van der Waals surface area contributed by atoms with Crippen LogP contribution in [-0.2, 0) is 11.3 Å². The van der Waals surface area contributed by atoms with Crippen LogP contribution in [-0.4, -0.2) is 29.7 Å². The molecule has 6 nitrogen and oxygen atoms in total. The molecule has 0 N–H and O–H groups in total. The SMILES string of the molecule is COC(=O)c1cn(Cc2ccc(OC)cc2)c(=O)c(C=C(Br)Br)n1. The first-order chi connectivity index (χ1) is 11.4. The van der Waals surface area contributed by atoms with E-state index in [0.717, 1.165) is 11.3 Å². The van der Waals surface area contributed by atoms with E-state index in [1.165, 1.54) is 23.9 Å². The number of benzene rings is 1. The van der Waals surface area contributed by atoms with Gasteiger partial charge in [0.15, 0.2) is 5.69 Å². The van der Waals surface area contributed by atoms with Gasteiger partial charge >= 0.3 is 5.97 Å². The van der Waals surface area contributed by atoms with Crippen LogP contribution in [0.15, 0.2) is 38.6 Å². The number of carbonyl (C=O) groups excluding carboxylic acids is 1. The van der Waals surface area contributed by atoms with Gasteiger partial charge in [-0.3, -0.25) is 4.79 Å². The monoisotopic (exact) mass is 456 g/mol. The van der Waals surface area contributed by atoms with Crippen molar-refractivity contribution in [3.05, 3.63) is 61.2 Å². The van der Waals surface area contributed by atoms with Gasteiger partial charge < -0.3 is 14.0 Å². The van der Waals surface area contributed by atoms with E-state index in [4.69, 9.17) is 9.47 Å². The number of carbonyl (C=O) groups is 1. The molecule has 2 aromatic rings. The quantitative estimate of drug-likeness (QED) is 0.645. The van der Waals surface area contributed by atoms with Crippen molar-refractivity contribution in [2.75, 3.05) is 14.2 Å². The van der Waals surface area contributed by atoms with Crippen LogP contribution in [0.2, 0.25) is 0 Å². The van der Waals surface area contributed by atoms with Crippen LogP contribution in [0.25, 0.3) is 6.08 Å². The molecule has 1 aromatic heterocycles. The molecule has 0 saturated carbocycles. The number of hydrogen-bond donors (Lipinski definition) is 0. The van der Waals surface area contributed by atoms with Crippen molar-refractivity contribution >= 4 is 43.9 Å². The maximum absolute atomic E-state index is 12.5. The second-order valence-corrected chi connectivity index (χ2v) is 7.49. The molecule has 1 aromatic carbocycles. The molecule has 0 radical (unpaired) electrons. The molecule has 126 valence electrons. The number of halogens is 2. The predicted molar refractivity (Wildman–Crippen MR) is 97.8 cm³/mol. The second kappa shape index (κ2) is 8.25. The Labute approximate surface area is 155 Å². The topological polar surface area (TPSA) is 70.4 Å². The van der Waals surface area contributed by atoms with Crippen molar-refractivity contribution in [3.63, 3.8) is 0 Å². The third-order valence-electron chi connectivity index (χ3n) is 3.15. The summed E-state index contributed by atoms with van der Waals surface area (Å²) in [6.45, 7) is 0.288. The fraction of sp³-hybridized carbons (Fsp3) is 0.188. The van der Waals surface area contributed by atoms with E-state index in [1.807, 2.05) is 12.1 Å². The highest BCUT2D eigenvalue weighted by molar-refractivity contribution is 9.28. The molecule has 0 saturated heterocycles. The van der Waals surface area contributed by atoms with Crippen molar-refractivity contribution < 1.29 is 14.3 Å². The molecule has 24 heavy (non-hydrogen) atoms. The minimum absolute atomic E-state index is 0.0538. The maximum Gasteiger partial charge on any atom is 0.358 e. The van der Waals surface area contributed by atoms with E-state index in [1.54, 1.807) is 19.2 Å². The van der Waals surface area contributed by atoms with Crippen molar-refractivity contribution in [3.8, 4) is 5.75 Å². The van der Waals surface area contributed by atoms with E-state index < -0.39 is 5.97 Å². The fourth-order valence-corrected chi connectivity index (χ4v) is 2.44. The van der Waals surface area contributed by atoms with Crippen molar-refractivity contribution in [1.82, 2.24) is 9.55 Å². The highest BCUT2D eigenvalue weighted by Gasteiger charge is 2.14. The second-order valence-electron chi connectivity index (χ2n) is 4.72. The van der Waals surface area contributed by atoms with Gasteiger partial charge in [-0.2, -0.15) is 0 Å². The van der Waals surface area contributed by atoms with Crippen LogP contribution < -0.4 is 10.3 Å². The van der Waals surface area contributed by atoms with Gasteiger partial charge in [-0.25, -0.2) is 9.78 Å². The molecule has 0 unspecified atom stereocenters. The summed E-state index contributed by atoms with van der Waals surface area (Å²) in [6, 6.07) is 7.30. The van der Waals surface area contributed by atoms with E-state index in [-0.39, 0.29) is 23.5 Å². The highest BCUT2D eigenvalue weighted by Crippen LogP contribution is 2.16. The van der Waals surface area contributed by atoms with E-state index in [2.05, 4.69) is 36.8 Å². The van der Waals surface area contributed by atoms with Crippen LogP contribution in [0, 0.1) is 0 Å². The summed E-state index contributed by atoms with van der Waals surface area (Å²) in [5.74, 6) is 0.113. The molecule has 0 aliphatic carbocycles. The zero-order valence-corrected chi connectivity index (χ0v) is 16.1. The first kappa shape index (κ1) is 18.4.